The van der Waals surface area contributed by atoms with Gasteiger partial charge < -0.3 is 9.84 Å². The predicted molar refractivity (Wildman–Crippen MR) is 138 cm³/mol. The monoisotopic (exact) mass is 523 g/mol. The number of ether oxygens (including phenoxy) is 1. The van der Waals surface area contributed by atoms with Crippen LogP contribution in [0.25, 0.3) is 6.08 Å². The summed E-state index contributed by atoms with van der Waals surface area (Å²) in [7, 11) is 1.61. The minimum atomic E-state index is -1.02. The summed E-state index contributed by atoms with van der Waals surface area (Å²) in [5, 5.41) is 20.6. The first-order chi connectivity index (χ1) is 17.2. The Labute approximate surface area is 214 Å². The summed E-state index contributed by atoms with van der Waals surface area (Å²) in [5.41, 5.74) is 2.13. The third-order valence-corrected chi connectivity index (χ3v) is 6.49. The number of likely N-dealkylation sites (N-methyl/N-ethyl adjacent to an activating group) is 1. The first kappa shape index (κ1) is 25.0. The van der Waals surface area contributed by atoms with Crippen LogP contribution >= 0.6 is 23.4 Å². The molecule has 1 N–H and O–H groups in total. The van der Waals surface area contributed by atoms with Crippen LogP contribution in [0.3, 0.4) is 0 Å². The van der Waals surface area contributed by atoms with Crippen molar-refractivity contribution in [2.24, 2.45) is 4.99 Å². The highest BCUT2D eigenvalue weighted by atomic mass is 35.5. The fourth-order valence-corrected chi connectivity index (χ4v) is 4.42. The Morgan fingerprint density at radius 1 is 1.17 bits per heavy atom. The Hall–Kier alpha value is -4.15. The molecular formula is C25H18ClN3O6S. The fraction of sp³-hybridized carbons (Fsp3) is 0.0800. The van der Waals surface area contributed by atoms with Crippen molar-refractivity contribution in [2.45, 2.75) is 6.61 Å². The van der Waals surface area contributed by atoms with Crippen LogP contribution < -0.4 is 4.74 Å². The number of benzene rings is 3. The van der Waals surface area contributed by atoms with Gasteiger partial charge in [0.05, 0.1) is 26.1 Å². The summed E-state index contributed by atoms with van der Waals surface area (Å²) >= 11 is 7.57. The number of nitro benzene ring substituents is 1. The number of carboxylic acid groups (broad SMARTS) is 1. The summed E-state index contributed by atoms with van der Waals surface area (Å²) < 4.78 is 5.73. The van der Waals surface area contributed by atoms with Crippen LogP contribution in [0.1, 0.15) is 21.5 Å². The van der Waals surface area contributed by atoms with Gasteiger partial charge in [-0.1, -0.05) is 17.7 Å². The van der Waals surface area contributed by atoms with Crippen LogP contribution in [-0.2, 0) is 11.4 Å². The number of thioether (sulfide) groups is 1. The molecule has 182 valence electrons. The van der Waals surface area contributed by atoms with Crippen LogP contribution in [0, 0.1) is 10.1 Å². The van der Waals surface area contributed by atoms with Gasteiger partial charge in [-0.2, -0.15) is 0 Å². The second-order valence-electron chi connectivity index (χ2n) is 7.62. The lowest BCUT2D eigenvalue weighted by Gasteiger charge is -2.09. The average Bonchev–Trinajstić information content (AvgIpc) is 3.11. The highest BCUT2D eigenvalue weighted by Crippen LogP contribution is 2.34. The molecule has 0 atom stereocenters. The van der Waals surface area contributed by atoms with Crippen molar-refractivity contribution in [3.05, 3.63) is 103 Å². The number of hydrogen-bond donors (Lipinski definition) is 1. The Morgan fingerprint density at radius 3 is 2.47 bits per heavy atom. The van der Waals surface area contributed by atoms with E-state index in [2.05, 4.69) is 4.99 Å². The van der Waals surface area contributed by atoms with Gasteiger partial charge in [0, 0.05) is 19.2 Å². The van der Waals surface area contributed by atoms with Crippen LogP contribution in [0.15, 0.2) is 76.6 Å². The van der Waals surface area contributed by atoms with E-state index >= 15 is 0 Å². The number of carboxylic acids is 1. The van der Waals surface area contributed by atoms with Crippen molar-refractivity contribution in [2.75, 3.05) is 7.05 Å². The van der Waals surface area contributed by atoms with Crippen molar-refractivity contribution < 1.29 is 24.4 Å². The Kier molecular flexibility index (Phi) is 7.37. The molecule has 0 aliphatic carbocycles. The largest absolute Gasteiger partial charge is 0.487 e. The third kappa shape index (κ3) is 5.73. The zero-order chi connectivity index (χ0) is 25.8. The van der Waals surface area contributed by atoms with Crippen LogP contribution in [0.4, 0.5) is 11.4 Å². The molecule has 0 bridgehead atoms. The molecule has 3 aromatic carbocycles. The second kappa shape index (κ2) is 10.6. The molecule has 1 fully saturated rings. The normalized spacial score (nSPS) is 15.5. The third-order valence-electron chi connectivity index (χ3n) is 5.14. The molecule has 4 rings (SSSR count). The molecule has 3 aromatic rings. The van der Waals surface area contributed by atoms with Crippen LogP contribution in [0.5, 0.6) is 5.75 Å². The van der Waals surface area contributed by atoms with E-state index in [1.54, 1.807) is 55.6 Å². The first-order valence-electron chi connectivity index (χ1n) is 10.5. The summed E-state index contributed by atoms with van der Waals surface area (Å²) in [5.74, 6) is -0.814. The Balaban J connectivity index is 1.45. The maximum absolute atomic E-state index is 12.7. The number of nitrogens with zero attached hydrogens (tertiary/aromatic N) is 3. The van der Waals surface area contributed by atoms with E-state index in [1.165, 1.54) is 40.9 Å². The number of carbonyl (C=O) groups excluding carboxylic acids is 1. The molecular weight excluding hydrogens is 506 g/mol. The maximum atomic E-state index is 12.7. The summed E-state index contributed by atoms with van der Waals surface area (Å²) in [4.78, 5) is 40.3. The number of nitro groups is 1. The van der Waals surface area contributed by atoms with Gasteiger partial charge >= 0.3 is 5.97 Å². The van der Waals surface area contributed by atoms with E-state index in [4.69, 9.17) is 21.4 Å². The van der Waals surface area contributed by atoms with E-state index in [0.29, 0.717) is 32.1 Å². The van der Waals surface area contributed by atoms with Crippen molar-refractivity contribution in [1.82, 2.24) is 4.90 Å². The lowest BCUT2D eigenvalue weighted by molar-refractivity contribution is -0.384. The molecule has 0 spiro atoms. The standard InChI is InChI=1S/C25H18ClN3O6S/c1-28-23(30)22(36-25(28)27-18-7-5-17(6-8-18)24(31)32)13-16-4-11-21(20(26)12-16)35-14-15-2-9-19(10-3-15)29(33)34/h2-13H,14H2,1H3,(H,31,32). The highest BCUT2D eigenvalue weighted by Gasteiger charge is 2.30. The Bertz CT molecular complexity index is 1400. The minimum Gasteiger partial charge on any atom is -0.487 e. The summed E-state index contributed by atoms with van der Waals surface area (Å²) in [6, 6.07) is 17.2. The van der Waals surface area contributed by atoms with Crippen molar-refractivity contribution in [1.29, 1.82) is 0 Å². The van der Waals surface area contributed by atoms with Crippen LogP contribution in [-0.4, -0.2) is 39.0 Å². The number of carbonyl (C=O) groups is 2. The molecule has 0 radical (unpaired) electrons. The number of rotatable bonds is 7. The molecule has 11 heteroatoms. The lowest BCUT2D eigenvalue weighted by Crippen LogP contribution is -2.23. The van der Waals surface area contributed by atoms with Gasteiger partial charge in [0.15, 0.2) is 5.17 Å². The van der Waals surface area contributed by atoms with Crippen LogP contribution in [0.2, 0.25) is 5.02 Å². The van der Waals surface area contributed by atoms with Gasteiger partial charge in [0.2, 0.25) is 0 Å². The van der Waals surface area contributed by atoms with Crippen molar-refractivity contribution in [3.8, 4) is 5.75 Å². The molecule has 1 aliphatic rings. The average molecular weight is 524 g/mol. The number of hydrogen-bond acceptors (Lipinski definition) is 7. The molecule has 0 unspecified atom stereocenters. The molecule has 0 aromatic heterocycles. The molecule has 36 heavy (non-hydrogen) atoms. The fourth-order valence-electron chi connectivity index (χ4n) is 3.19. The molecule has 1 aliphatic heterocycles. The zero-order valence-electron chi connectivity index (χ0n) is 18.8. The lowest BCUT2D eigenvalue weighted by atomic mass is 10.2. The molecule has 1 amide bonds. The molecule has 9 nitrogen and oxygen atoms in total. The quantitative estimate of drug-likeness (QED) is 0.237. The second-order valence-corrected chi connectivity index (χ2v) is 9.04. The van der Waals surface area contributed by atoms with E-state index in [0.717, 1.165) is 5.56 Å². The van der Waals surface area contributed by atoms with Gasteiger partial charge in [-0.25, -0.2) is 9.79 Å². The summed E-state index contributed by atoms with van der Waals surface area (Å²) in [6.45, 7) is 0.185. The maximum Gasteiger partial charge on any atom is 0.335 e. The topological polar surface area (TPSA) is 122 Å². The molecule has 1 heterocycles. The van der Waals surface area contributed by atoms with Gasteiger partial charge in [-0.3, -0.25) is 19.8 Å². The zero-order valence-corrected chi connectivity index (χ0v) is 20.3. The van der Waals surface area contributed by atoms with E-state index in [1.807, 2.05) is 0 Å². The van der Waals surface area contributed by atoms with Gasteiger partial charge in [0.25, 0.3) is 11.6 Å². The number of amides is 1. The number of aliphatic imine (C=N–C) groups is 1. The smallest absolute Gasteiger partial charge is 0.335 e. The molecule has 0 saturated carbocycles. The Morgan fingerprint density at radius 2 is 1.86 bits per heavy atom. The number of aromatic carboxylic acids is 1. The summed E-state index contributed by atoms with van der Waals surface area (Å²) in [6.07, 6.45) is 1.70. The SMILES string of the molecule is CN1C(=O)C(=Cc2ccc(OCc3ccc([N+](=O)[O-])cc3)c(Cl)c2)SC1=Nc1ccc(C(=O)O)cc1. The number of non-ortho nitro benzene ring substituents is 1. The van der Waals surface area contributed by atoms with Gasteiger partial charge in [-0.15, -0.1) is 0 Å². The van der Waals surface area contributed by atoms with Crippen molar-refractivity contribution >= 4 is 57.9 Å². The number of halogens is 1. The van der Waals surface area contributed by atoms with Crippen molar-refractivity contribution in [3.63, 3.8) is 0 Å². The first-order valence-corrected chi connectivity index (χ1v) is 11.7. The minimum absolute atomic E-state index is 0.00319. The van der Waals surface area contributed by atoms with Gasteiger partial charge in [0.1, 0.15) is 12.4 Å². The van der Waals surface area contributed by atoms with E-state index in [-0.39, 0.29) is 23.8 Å². The van der Waals surface area contributed by atoms with Gasteiger partial charge in [-0.05, 0) is 77.5 Å². The number of amidine groups is 1. The van der Waals surface area contributed by atoms with E-state index < -0.39 is 10.9 Å². The van der Waals surface area contributed by atoms with E-state index in [9.17, 15) is 19.7 Å². The predicted octanol–water partition coefficient (Wildman–Crippen LogP) is 5.76. The highest BCUT2D eigenvalue weighted by molar-refractivity contribution is 8.18. The molecule has 1 saturated heterocycles.